The maximum atomic E-state index is 11.9. The number of hydrogen-bond donors (Lipinski definition) is 2. The zero-order valence-electron chi connectivity index (χ0n) is 11.2. The van der Waals surface area contributed by atoms with Gasteiger partial charge in [-0.2, -0.15) is 0 Å². The number of nitrogens with one attached hydrogen (secondary N) is 1. The molecule has 1 saturated heterocycles. The van der Waals surface area contributed by atoms with E-state index in [-0.39, 0.29) is 12.0 Å². The second-order valence-electron chi connectivity index (χ2n) is 4.98. The van der Waals surface area contributed by atoms with Gasteiger partial charge in [0.25, 0.3) is 0 Å². The summed E-state index contributed by atoms with van der Waals surface area (Å²) < 4.78 is 5.62. The number of hydrogen-bond acceptors (Lipinski definition) is 3. The lowest BCUT2D eigenvalue weighted by Crippen LogP contribution is -2.21. The van der Waals surface area contributed by atoms with Crippen LogP contribution in [0.5, 0.6) is 0 Å². The Morgan fingerprint density at radius 3 is 3.05 bits per heavy atom. The van der Waals surface area contributed by atoms with Gasteiger partial charge in [-0.1, -0.05) is 12.1 Å². The highest BCUT2D eigenvalue weighted by Gasteiger charge is 2.15. The first-order chi connectivity index (χ1) is 9.28. The van der Waals surface area contributed by atoms with Crippen LogP contribution in [0.25, 0.3) is 0 Å². The van der Waals surface area contributed by atoms with Crippen LogP contribution < -0.4 is 11.1 Å². The van der Waals surface area contributed by atoms with Crippen molar-refractivity contribution in [1.29, 1.82) is 0 Å². The highest BCUT2D eigenvalue weighted by Crippen LogP contribution is 2.17. The summed E-state index contributed by atoms with van der Waals surface area (Å²) in [4.78, 5) is 11.9. The van der Waals surface area contributed by atoms with Crippen molar-refractivity contribution < 1.29 is 9.53 Å². The number of ether oxygens (including phenoxy) is 1. The predicted molar refractivity (Wildman–Crippen MR) is 75.8 cm³/mol. The molecule has 0 radical (unpaired) electrons. The van der Waals surface area contributed by atoms with Crippen LogP contribution in [0.2, 0.25) is 0 Å². The fraction of sp³-hybridized carbons (Fsp3) is 0.533. The molecule has 0 spiro atoms. The van der Waals surface area contributed by atoms with Crippen LogP contribution in [0.15, 0.2) is 24.3 Å². The van der Waals surface area contributed by atoms with E-state index in [1.54, 1.807) is 0 Å². The molecule has 19 heavy (non-hydrogen) atoms. The molecule has 2 rings (SSSR count). The maximum absolute atomic E-state index is 11.9. The number of carbonyl (C=O) groups excluding carboxylic acids is 1. The number of carbonyl (C=O) groups is 1. The molecule has 0 aliphatic carbocycles. The summed E-state index contributed by atoms with van der Waals surface area (Å²) in [5.41, 5.74) is 7.42. The predicted octanol–water partition coefficient (Wildman–Crippen LogP) is 2.43. The van der Waals surface area contributed by atoms with Gasteiger partial charge < -0.3 is 15.8 Å². The number of benzene rings is 1. The molecule has 4 heteroatoms. The van der Waals surface area contributed by atoms with Crippen molar-refractivity contribution in [2.75, 3.05) is 11.9 Å². The average molecular weight is 262 g/mol. The van der Waals surface area contributed by atoms with Gasteiger partial charge in [-0.3, -0.25) is 4.79 Å². The lowest BCUT2D eigenvalue weighted by atomic mass is 10.0. The minimum atomic E-state index is 0.0448. The van der Waals surface area contributed by atoms with Gasteiger partial charge in [0.1, 0.15) is 0 Å². The summed E-state index contributed by atoms with van der Waals surface area (Å²) in [5.74, 6) is 0.0448. The topological polar surface area (TPSA) is 64.3 Å². The van der Waals surface area contributed by atoms with Gasteiger partial charge in [0.05, 0.1) is 6.10 Å². The Morgan fingerprint density at radius 1 is 1.42 bits per heavy atom. The van der Waals surface area contributed by atoms with Crippen molar-refractivity contribution in [2.24, 2.45) is 5.73 Å². The SMILES string of the molecule is NCc1cccc(NC(=O)CCC2CCCCO2)c1. The standard InChI is InChI=1S/C15H22N2O2/c16-11-12-4-3-5-13(10-12)17-15(18)8-7-14-6-1-2-9-19-14/h3-5,10,14H,1-2,6-9,11,16H2,(H,17,18). The third kappa shape index (κ3) is 4.65. The monoisotopic (exact) mass is 262 g/mol. The molecule has 1 aliphatic rings. The Balaban J connectivity index is 1.76. The van der Waals surface area contributed by atoms with Crippen LogP contribution in [0.4, 0.5) is 5.69 Å². The van der Waals surface area contributed by atoms with E-state index in [1.807, 2.05) is 24.3 Å². The van der Waals surface area contributed by atoms with E-state index in [1.165, 1.54) is 6.42 Å². The molecule has 4 nitrogen and oxygen atoms in total. The van der Waals surface area contributed by atoms with Crippen molar-refractivity contribution in [3.63, 3.8) is 0 Å². The molecule has 1 unspecified atom stereocenters. The van der Waals surface area contributed by atoms with Crippen LogP contribution in [-0.4, -0.2) is 18.6 Å². The minimum absolute atomic E-state index is 0.0448. The zero-order valence-corrected chi connectivity index (χ0v) is 11.2. The van der Waals surface area contributed by atoms with E-state index in [0.29, 0.717) is 13.0 Å². The second-order valence-corrected chi connectivity index (χ2v) is 4.98. The van der Waals surface area contributed by atoms with Gasteiger partial charge in [-0.25, -0.2) is 0 Å². The lowest BCUT2D eigenvalue weighted by Gasteiger charge is -2.22. The Bertz CT molecular complexity index is 414. The van der Waals surface area contributed by atoms with Gasteiger partial charge in [0, 0.05) is 25.3 Å². The third-order valence-electron chi connectivity index (χ3n) is 3.41. The van der Waals surface area contributed by atoms with Crippen LogP contribution in [0.1, 0.15) is 37.7 Å². The van der Waals surface area contributed by atoms with E-state index >= 15 is 0 Å². The Morgan fingerprint density at radius 2 is 2.32 bits per heavy atom. The normalized spacial score (nSPS) is 19.1. The smallest absolute Gasteiger partial charge is 0.224 e. The largest absolute Gasteiger partial charge is 0.378 e. The van der Waals surface area contributed by atoms with Crippen LogP contribution >= 0.6 is 0 Å². The van der Waals surface area contributed by atoms with Gasteiger partial charge in [-0.05, 0) is 43.4 Å². The van der Waals surface area contributed by atoms with E-state index in [9.17, 15) is 4.79 Å². The number of rotatable bonds is 5. The Labute approximate surface area is 114 Å². The molecule has 104 valence electrons. The maximum Gasteiger partial charge on any atom is 0.224 e. The second kappa shape index (κ2) is 7.26. The summed E-state index contributed by atoms with van der Waals surface area (Å²) >= 11 is 0. The fourth-order valence-electron chi connectivity index (χ4n) is 2.33. The number of anilines is 1. The van der Waals surface area contributed by atoms with Crippen molar-refractivity contribution in [3.8, 4) is 0 Å². The van der Waals surface area contributed by atoms with Crippen molar-refractivity contribution >= 4 is 11.6 Å². The first kappa shape index (κ1) is 14.0. The molecule has 1 atom stereocenters. The van der Waals surface area contributed by atoms with E-state index in [0.717, 1.165) is 37.1 Å². The van der Waals surface area contributed by atoms with Crippen molar-refractivity contribution in [1.82, 2.24) is 0 Å². The highest BCUT2D eigenvalue weighted by atomic mass is 16.5. The van der Waals surface area contributed by atoms with Gasteiger partial charge in [-0.15, -0.1) is 0 Å². The van der Waals surface area contributed by atoms with Crippen LogP contribution in [-0.2, 0) is 16.1 Å². The van der Waals surface area contributed by atoms with Gasteiger partial charge >= 0.3 is 0 Å². The molecular formula is C15H22N2O2. The lowest BCUT2D eigenvalue weighted by molar-refractivity contribution is -0.117. The van der Waals surface area contributed by atoms with E-state index in [4.69, 9.17) is 10.5 Å². The molecule has 0 saturated carbocycles. The first-order valence-corrected chi connectivity index (χ1v) is 6.98. The highest BCUT2D eigenvalue weighted by molar-refractivity contribution is 5.90. The quantitative estimate of drug-likeness (QED) is 0.856. The summed E-state index contributed by atoms with van der Waals surface area (Å²) in [6, 6.07) is 7.65. The van der Waals surface area contributed by atoms with Crippen LogP contribution in [0, 0.1) is 0 Å². The molecular weight excluding hydrogens is 240 g/mol. The Hall–Kier alpha value is -1.39. The molecule has 1 heterocycles. The molecule has 1 fully saturated rings. The summed E-state index contributed by atoms with van der Waals surface area (Å²) in [7, 11) is 0. The van der Waals surface area contributed by atoms with Gasteiger partial charge in [0.15, 0.2) is 0 Å². The van der Waals surface area contributed by atoms with Crippen LogP contribution in [0.3, 0.4) is 0 Å². The molecule has 0 bridgehead atoms. The fourth-order valence-corrected chi connectivity index (χ4v) is 2.33. The molecule has 1 amide bonds. The van der Waals surface area contributed by atoms with E-state index < -0.39 is 0 Å². The zero-order chi connectivity index (χ0) is 13.5. The first-order valence-electron chi connectivity index (χ1n) is 6.98. The van der Waals surface area contributed by atoms with E-state index in [2.05, 4.69) is 5.32 Å². The third-order valence-corrected chi connectivity index (χ3v) is 3.41. The number of nitrogens with two attached hydrogens (primary N) is 1. The van der Waals surface area contributed by atoms with Gasteiger partial charge in [0.2, 0.25) is 5.91 Å². The summed E-state index contributed by atoms with van der Waals surface area (Å²) in [6.45, 7) is 1.32. The summed E-state index contributed by atoms with van der Waals surface area (Å²) in [6.07, 6.45) is 5.02. The average Bonchev–Trinajstić information content (AvgIpc) is 2.46. The molecule has 3 N–H and O–H groups in total. The Kier molecular flexibility index (Phi) is 5.36. The van der Waals surface area contributed by atoms with Crippen molar-refractivity contribution in [3.05, 3.63) is 29.8 Å². The molecule has 1 aromatic rings. The molecule has 1 aliphatic heterocycles. The number of amides is 1. The molecule has 1 aromatic carbocycles. The molecule has 0 aromatic heterocycles. The minimum Gasteiger partial charge on any atom is -0.378 e. The van der Waals surface area contributed by atoms with Crippen molar-refractivity contribution in [2.45, 2.75) is 44.8 Å². The summed E-state index contributed by atoms with van der Waals surface area (Å²) in [5, 5.41) is 2.91.